The second-order valence-corrected chi connectivity index (χ2v) is 16.8. The number of carbonyl (C=O) groups is 1. The highest BCUT2D eigenvalue weighted by Gasteiger charge is 2.61. The molecule has 0 radical (unpaired) electrons. The average molecular weight is 809 g/mol. The third-order valence-corrected chi connectivity index (χ3v) is 14.4. The maximum Gasteiger partial charge on any atom is 0.331 e. The molecule has 1 unspecified atom stereocenters. The zero-order valence-electron chi connectivity index (χ0n) is 33.4. The van der Waals surface area contributed by atoms with Crippen LogP contribution in [0.3, 0.4) is 0 Å². The Labute approximate surface area is 342 Å². The molecule has 0 saturated carbocycles. The van der Waals surface area contributed by atoms with Crippen molar-refractivity contribution in [2.24, 2.45) is 0 Å². The molecule has 0 aliphatic carbocycles. The zero-order valence-corrected chi connectivity index (χ0v) is 34.2. The van der Waals surface area contributed by atoms with Crippen molar-refractivity contribution in [3.8, 4) is 46.3 Å². The Morgan fingerprint density at radius 2 is 1.79 bits per heavy atom. The first-order chi connectivity index (χ1) is 28.1. The van der Waals surface area contributed by atoms with Gasteiger partial charge in [-0.25, -0.2) is 4.79 Å². The van der Waals surface area contributed by atoms with Gasteiger partial charge in [-0.05, 0) is 68.1 Å². The summed E-state index contributed by atoms with van der Waals surface area (Å²) in [5.41, 5.74) is 5.35. The van der Waals surface area contributed by atoms with E-state index in [0.29, 0.717) is 77.2 Å². The van der Waals surface area contributed by atoms with E-state index in [1.165, 1.54) is 0 Å². The van der Waals surface area contributed by atoms with Gasteiger partial charge in [-0.1, -0.05) is 31.4 Å². The summed E-state index contributed by atoms with van der Waals surface area (Å²) in [7, 11) is 5.30. The van der Waals surface area contributed by atoms with Crippen LogP contribution in [0, 0.1) is 25.2 Å². The standard InChI is InChI=1S/C44H48N4O9S/c1-8-12-53-31-16-24-10-11-46-44(26(24)17-30(31)51-6)20-58-42-34-33(41-39(56-21-57-41)23(4)37(34)49)29(19-55-43(44)50)48-28(18-45)27-15-25-14-22(3)38(52-7)40(54-13-9-2)32(25)35(36(42)48)47(27)5/h8-9,14,16-17,27-29,35-36,42,46,49H,1-2,10-13,15,19-21H2,3-7H3/t27-,28+,29+,35+,36?,42-,44-/m1/s1. The maximum absolute atomic E-state index is 14.9. The van der Waals surface area contributed by atoms with Gasteiger partial charge < -0.3 is 38.3 Å². The Hall–Kier alpha value is -5.07. The molecule has 13 nitrogen and oxygen atoms in total. The van der Waals surface area contributed by atoms with Crippen LogP contribution in [0.4, 0.5) is 0 Å². The monoisotopic (exact) mass is 808 g/mol. The number of esters is 1. The van der Waals surface area contributed by atoms with Crippen LogP contribution in [0.25, 0.3) is 0 Å². The number of thioether (sulfide) groups is 1. The van der Waals surface area contributed by atoms with Gasteiger partial charge in [0.1, 0.15) is 31.6 Å². The number of nitriles is 1. The van der Waals surface area contributed by atoms with Crippen molar-refractivity contribution in [1.82, 2.24) is 15.1 Å². The Balaban J connectivity index is 1.29. The van der Waals surface area contributed by atoms with Gasteiger partial charge in [-0.2, -0.15) is 5.26 Å². The Morgan fingerprint density at radius 1 is 1.02 bits per heavy atom. The molecule has 4 bridgehead atoms. The Morgan fingerprint density at radius 3 is 2.53 bits per heavy atom. The lowest BCUT2D eigenvalue weighted by molar-refractivity contribution is -0.157. The lowest BCUT2D eigenvalue weighted by Gasteiger charge is -2.62. The summed E-state index contributed by atoms with van der Waals surface area (Å²) in [5, 5.41) is 26.7. The number of likely N-dealkylation sites (N-methyl/N-ethyl adjacent to an activating group) is 1. The topological polar surface area (TPSA) is 144 Å². The number of hydrogen-bond acceptors (Lipinski definition) is 14. The van der Waals surface area contributed by atoms with Crippen molar-refractivity contribution in [2.75, 3.05) is 60.2 Å². The normalized spacial score (nSPS) is 27.9. The van der Waals surface area contributed by atoms with Gasteiger partial charge in [-0.15, -0.1) is 11.8 Å². The van der Waals surface area contributed by atoms with Gasteiger partial charge in [0.05, 0.1) is 37.6 Å². The number of piperazine rings is 1. The summed E-state index contributed by atoms with van der Waals surface area (Å²) in [6.07, 6.45) is 4.63. The van der Waals surface area contributed by atoms with E-state index in [1.54, 1.807) is 38.1 Å². The first-order valence-electron chi connectivity index (χ1n) is 19.6. The molecule has 2 saturated heterocycles. The van der Waals surface area contributed by atoms with Crippen molar-refractivity contribution in [3.63, 3.8) is 0 Å². The average Bonchev–Trinajstić information content (AvgIpc) is 3.72. The number of phenols is 1. The SMILES string of the molecule is C=CCOc1cc2c(cc1OC)[C@@]1(CS[C@@H]3c4c(O)c(C)c5c(c4[C@H](COC1=O)N1C3[C@@H]3c4c(cc(C)c(OC)c4OCC=C)C[C@H]([C@@H]1C#N)N3C)OCO5)NCC2. The van der Waals surface area contributed by atoms with E-state index in [-0.39, 0.29) is 43.6 Å². The number of rotatable bonds is 8. The highest BCUT2D eigenvalue weighted by atomic mass is 32.2. The van der Waals surface area contributed by atoms with E-state index in [1.807, 2.05) is 26.0 Å². The highest BCUT2D eigenvalue weighted by Crippen LogP contribution is 2.64. The number of fused-ring (bicyclic) bond motifs is 9. The van der Waals surface area contributed by atoms with Gasteiger partial charge >= 0.3 is 5.97 Å². The number of methoxy groups -OCH3 is 2. The van der Waals surface area contributed by atoms with Crippen LogP contribution in [0.15, 0.2) is 43.5 Å². The summed E-state index contributed by atoms with van der Waals surface area (Å²) in [6, 6.07) is 6.39. The van der Waals surface area contributed by atoms with Crippen molar-refractivity contribution in [3.05, 3.63) is 88.0 Å². The number of nitrogens with one attached hydrogen (secondary N) is 1. The van der Waals surface area contributed by atoms with Crippen molar-refractivity contribution >= 4 is 17.7 Å². The van der Waals surface area contributed by atoms with Crippen LogP contribution in [0.1, 0.15) is 61.8 Å². The molecular formula is C44H48N4O9S. The lowest BCUT2D eigenvalue weighted by Crippen LogP contribution is -2.69. The number of hydrogen-bond donors (Lipinski definition) is 2. The van der Waals surface area contributed by atoms with E-state index in [2.05, 4.69) is 47.5 Å². The van der Waals surface area contributed by atoms with E-state index in [4.69, 9.17) is 33.2 Å². The molecule has 3 aromatic rings. The van der Waals surface area contributed by atoms with E-state index < -0.39 is 34.9 Å². The fourth-order valence-electron chi connectivity index (χ4n) is 10.4. The van der Waals surface area contributed by atoms with Crippen molar-refractivity contribution in [2.45, 2.75) is 67.7 Å². The number of carbonyl (C=O) groups excluding carboxylic acids is 1. The zero-order chi connectivity index (χ0) is 40.6. The number of aromatic hydroxyl groups is 1. The maximum atomic E-state index is 14.9. The summed E-state index contributed by atoms with van der Waals surface area (Å²) in [6.45, 7) is 12.5. The smallest absolute Gasteiger partial charge is 0.331 e. The molecule has 304 valence electrons. The number of benzene rings is 3. The quantitative estimate of drug-likeness (QED) is 0.219. The lowest BCUT2D eigenvalue weighted by atomic mass is 9.71. The number of ether oxygens (including phenoxy) is 7. The van der Waals surface area contributed by atoms with E-state index in [0.717, 1.165) is 27.8 Å². The summed E-state index contributed by atoms with van der Waals surface area (Å²) in [5.74, 6) is 3.20. The van der Waals surface area contributed by atoms with E-state index in [9.17, 15) is 15.2 Å². The molecule has 2 N–H and O–H groups in total. The molecule has 0 aromatic heterocycles. The van der Waals surface area contributed by atoms with Gasteiger partial charge in [0.15, 0.2) is 40.0 Å². The van der Waals surface area contributed by atoms with Gasteiger partial charge in [0, 0.05) is 46.6 Å². The molecule has 7 aliphatic heterocycles. The second-order valence-electron chi connectivity index (χ2n) is 15.7. The van der Waals surface area contributed by atoms with Crippen LogP contribution < -0.4 is 33.7 Å². The molecule has 7 heterocycles. The molecule has 2 fully saturated rings. The summed E-state index contributed by atoms with van der Waals surface area (Å²) >= 11 is 1.56. The minimum absolute atomic E-state index is 0.0177. The largest absolute Gasteiger partial charge is 0.507 e. The molecule has 10 rings (SSSR count). The Bertz CT molecular complexity index is 2280. The van der Waals surface area contributed by atoms with Gasteiger partial charge in [0.2, 0.25) is 6.79 Å². The molecule has 3 aromatic carbocycles. The van der Waals surface area contributed by atoms with Crippen LogP contribution in [0.2, 0.25) is 0 Å². The highest BCUT2D eigenvalue weighted by molar-refractivity contribution is 7.99. The predicted molar refractivity (Wildman–Crippen MR) is 216 cm³/mol. The van der Waals surface area contributed by atoms with Crippen LogP contribution >= 0.6 is 11.8 Å². The van der Waals surface area contributed by atoms with Crippen LogP contribution in [-0.2, 0) is 27.9 Å². The molecule has 1 spiro atoms. The van der Waals surface area contributed by atoms with E-state index >= 15 is 0 Å². The van der Waals surface area contributed by atoms with Crippen LogP contribution in [-0.4, -0.2) is 99.2 Å². The summed E-state index contributed by atoms with van der Waals surface area (Å²) < 4.78 is 43.1. The molecule has 7 aliphatic rings. The number of aryl methyl sites for hydroxylation is 1. The minimum atomic E-state index is -1.28. The number of phenolic OH excluding ortho intramolecular Hbond substituents is 1. The number of nitrogens with zero attached hydrogens (tertiary/aromatic N) is 3. The third kappa shape index (κ3) is 5.43. The molecular weight excluding hydrogens is 761 g/mol. The molecule has 0 amide bonds. The minimum Gasteiger partial charge on any atom is -0.507 e. The fraction of sp³-hybridized carbons (Fsp3) is 0.455. The fourth-order valence-corrected chi connectivity index (χ4v) is 12.1. The third-order valence-electron chi connectivity index (χ3n) is 12.9. The second kappa shape index (κ2) is 14.6. The Kier molecular flexibility index (Phi) is 9.70. The predicted octanol–water partition coefficient (Wildman–Crippen LogP) is 5.49. The van der Waals surface area contributed by atoms with Crippen molar-refractivity contribution < 1.29 is 43.1 Å². The van der Waals surface area contributed by atoms with Gasteiger partial charge in [-0.3, -0.25) is 15.1 Å². The van der Waals surface area contributed by atoms with Crippen molar-refractivity contribution in [1.29, 1.82) is 5.26 Å². The van der Waals surface area contributed by atoms with Gasteiger partial charge in [0.25, 0.3) is 0 Å². The molecule has 58 heavy (non-hydrogen) atoms. The first-order valence-corrected chi connectivity index (χ1v) is 20.7. The molecule has 7 atom stereocenters. The molecule has 14 heteroatoms. The first kappa shape index (κ1) is 38.4. The van der Waals surface area contributed by atoms with Crippen LogP contribution in [0.5, 0.6) is 40.2 Å². The summed E-state index contributed by atoms with van der Waals surface area (Å²) in [4.78, 5) is 19.5.